The molecule has 11 heteroatoms. The summed E-state index contributed by atoms with van der Waals surface area (Å²) in [6.07, 6.45) is 0.220. The van der Waals surface area contributed by atoms with Crippen molar-refractivity contribution in [1.29, 1.82) is 0 Å². The van der Waals surface area contributed by atoms with Gasteiger partial charge in [0.2, 0.25) is 0 Å². The maximum atomic E-state index is 13.7. The van der Waals surface area contributed by atoms with Crippen molar-refractivity contribution in [2.24, 2.45) is 34.5 Å². The van der Waals surface area contributed by atoms with Gasteiger partial charge in [-0.25, -0.2) is 8.98 Å². The van der Waals surface area contributed by atoms with Gasteiger partial charge >= 0.3 is 16.4 Å². The first-order valence-electron chi connectivity index (χ1n) is 14.1. The maximum absolute atomic E-state index is 13.7. The Morgan fingerprint density at radius 1 is 1.05 bits per heavy atom. The van der Waals surface area contributed by atoms with Crippen LogP contribution >= 0.6 is 0 Å². The minimum atomic E-state index is -4.79. The summed E-state index contributed by atoms with van der Waals surface area (Å²) >= 11 is 0. The van der Waals surface area contributed by atoms with E-state index >= 15 is 0 Å². The smallest absolute Gasteiger partial charge is 0.397 e. The number of hydrogen-bond acceptors (Lipinski definition) is 9. The van der Waals surface area contributed by atoms with E-state index in [1.165, 1.54) is 0 Å². The monoisotopic (exact) mass is 568 g/mol. The lowest BCUT2D eigenvalue weighted by molar-refractivity contribution is -0.215. The van der Waals surface area contributed by atoms with Gasteiger partial charge in [-0.15, -0.1) is 0 Å². The molecule has 0 radical (unpaired) electrons. The quantitative estimate of drug-likeness (QED) is 0.261. The second-order valence-electron chi connectivity index (χ2n) is 13.7. The summed E-state index contributed by atoms with van der Waals surface area (Å²) < 4.78 is 48.6. The molecule has 39 heavy (non-hydrogen) atoms. The molecule has 0 aromatic heterocycles. The lowest BCUT2D eigenvalue weighted by Gasteiger charge is -2.62. The molecule has 0 aromatic carbocycles. The van der Waals surface area contributed by atoms with Gasteiger partial charge in [-0.2, -0.15) is 8.42 Å². The van der Waals surface area contributed by atoms with Crippen LogP contribution in [0, 0.1) is 34.5 Å². The van der Waals surface area contributed by atoms with E-state index < -0.39 is 50.7 Å². The highest BCUT2D eigenvalue weighted by atomic mass is 32.3. The van der Waals surface area contributed by atoms with E-state index in [-0.39, 0.29) is 54.4 Å². The van der Waals surface area contributed by atoms with Crippen LogP contribution in [-0.4, -0.2) is 70.6 Å². The van der Waals surface area contributed by atoms with E-state index in [1.54, 1.807) is 13.8 Å². The van der Waals surface area contributed by atoms with Crippen molar-refractivity contribution in [3.63, 3.8) is 0 Å². The molecule has 0 aromatic rings. The third-order valence-electron chi connectivity index (χ3n) is 12.4. The zero-order valence-electron chi connectivity index (χ0n) is 23.2. The van der Waals surface area contributed by atoms with Crippen LogP contribution < -0.4 is 0 Å². The van der Waals surface area contributed by atoms with Gasteiger partial charge in [-0.1, -0.05) is 19.4 Å². The van der Waals surface area contributed by atoms with Gasteiger partial charge in [0.25, 0.3) is 0 Å². The van der Waals surface area contributed by atoms with E-state index in [4.69, 9.17) is 13.7 Å². The summed E-state index contributed by atoms with van der Waals surface area (Å²) in [4.78, 5) is 26.2. The summed E-state index contributed by atoms with van der Waals surface area (Å²) in [5, 5.41) is 24.3. The Morgan fingerprint density at radius 3 is 2.36 bits per heavy atom. The Hall–Kier alpha value is -1.37. The molecule has 2 aliphatic heterocycles. The Balaban J connectivity index is 1.30. The van der Waals surface area contributed by atoms with Crippen LogP contribution in [0.5, 0.6) is 0 Å². The van der Waals surface area contributed by atoms with Gasteiger partial charge < -0.3 is 19.7 Å². The predicted molar refractivity (Wildman–Crippen MR) is 136 cm³/mol. The largest absolute Gasteiger partial charge is 0.458 e. The first-order valence-corrected chi connectivity index (χ1v) is 15.5. The molecule has 12 atom stereocenters. The van der Waals surface area contributed by atoms with Crippen LogP contribution in [0.2, 0.25) is 0 Å². The average molecular weight is 569 g/mol. The molecule has 0 amide bonds. The van der Waals surface area contributed by atoms with Crippen molar-refractivity contribution in [2.45, 2.75) is 115 Å². The zero-order chi connectivity index (χ0) is 28.5. The molecule has 0 unspecified atom stereocenters. The van der Waals surface area contributed by atoms with Crippen LogP contribution in [0.25, 0.3) is 0 Å². The van der Waals surface area contributed by atoms with Crippen molar-refractivity contribution in [3.8, 4) is 0 Å². The highest BCUT2D eigenvalue weighted by Crippen LogP contribution is 2.73. The number of epoxide rings is 1. The van der Waals surface area contributed by atoms with E-state index in [0.717, 1.165) is 12.0 Å². The van der Waals surface area contributed by atoms with E-state index in [2.05, 4.69) is 6.92 Å². The van der Waals surface area contributed by atoms with Gasteiger partial charge in [-0.3, -0.25) is 9.35 Å². The summed E-state index contributed by atoms with van der Waals surface area (Å²) in [5.74, 6) is -1.13. The number of ether oxygens (including phenoxy) is 2. The fourth-order valence-electron chi connectivity index (χ4n) is 9.88. The van der Waals surface area contributed by atoms with Crippen LogP contribution in [0.15, 0.2) is 11.1 Å². The molecule has 5 fully saturated rings. The predicted octanol–water partition coefficient (Wildman–Crippen LogP) is 2.52. The number of Topliss-reactive ketones (excluding diaryl/α,β-unsaturated/α-hetero) is 1. The Bertz CT molecular complexity index is 1260. The molecule has 2 heterocycles. The molecule has 0 spiro atoms. The van der Waals surface area contributed by atoms with Crippen molar-refractivity contribution < 1.29 is 46.4 Å². The molecule has 1 saturated heterocycles. The molecule has 3 N–H and O–H groups in total. The van der Waals surface area contributed by atoms with Gasteiger partial charge in [0.1, 0.15) is 23.6 Å². The molecular weight excluding hydrogens is 528 g/mol. The molecule has 218 valence electrons. The molecule has 0 bridgehead atoms. The first-order chi connectivity index (χ1) is 18.0. The second kappa shape index (κ2) is 8.35. The number of rotatable bonds is 4. The normalized spacial score (nSPS) is 51.8. The summed E-state index contributed by atoms with van der Waals surface area (Å²) in [6, 6.07) is 0. The number of cyclic esters (lactones) is 1. The van der Waals surface area contributed by atoms with Crippen LogP contribution in [0.1, 0.15) is 79.6 Å². The number of ketones is 1. The Morgan fingerprint density at radius 2 is 1.72 bits per heavy atom. The number of aliphatic hydroxyl groups is 2. The standard InChI is InChI=1S/C28H40O10S/c1-13-10-19(36-24(30)14(13)2)15(3)27(31)9-7-17-21-18(6-8-25(17,27)4)26(5)20(29)11-16(38-39(33,34)35)12-28(26,32)23-22(21)37-23/h15-19,21-23,31-32H,6-12H2,1-5H3,(H,33,34,35)/t15-,16+,17-,18-,19+,21+,22+,23+,25+,26-,27+,28+/m1/s1. The molecule has 6 rings (SSSR count). The number of carbonyl (C=O) groups is 2. The molecule has 6 aliphatic rings. The van der Waals surface area contributed by atoms with Crippen LogP contribution in [0.4, 0.5) is 0 Å². The highest BCUT2D eigenvalue weighted by molar-refractivity contribution is 7.80. The lowest BCUT2D eigenvalue weighted by atomic mass is 9.42. The summed E-state index contributed by atoms with van der Waals surface area (Å²) in [6.45, 7) is 9.57. The SMILES string of the molecule is CC1=C(C)C(=O)O[C@H]([C@@H](C)[C@@]2(O)CC[C@@H]3[C@@H]4[C@@H]5O[C@@H]5[C@@]5(O)C[C@@H](OS(=O)(=O)O)CC(=O)[C@@]5(C)[C@@H]4CC[C@@]32C)C1. The van der Waals surface area contributed by atoms with E-state index in [0.29, 0.717) is 31.3 Å². The van der Waals surface area contributed by atoms with Crippen molar-refractivity contribution in [2.75, 3.05) is 0 Å². The Kier molecular flexibility index (Phi) is 5.95. The van der Waals surface area contributed by atoms with Crippen molar-refractivity contribution in [3.05, 3.63) is 11.1 Å². The summed E-state index contributed by atoms with van der Waals surface area (Å²) in [7, 11) is -4.79. The third-order valence-corrected chi connectivity index (χ3v) is 12.9. The second-order valence-corrected chi connectivity index (χ2v) is 14.7. The van der Waals surface area contributed by atoms with Crippen molar-refractivity contribution >= 4 is 22.2 Å². The number of fused-ring (bicyclic) bond motifs is 8. The number of carbonyl (C=O) groups excluding carboxylic acids is 2. The minimum Gasteiger partial charge on any atom is -0.458 e. The average Bonchev–Trinajstić information content (AvgIpc) is 3.59. The van der Waals surface area contributed by atoms with Gasteiger partial charge in [0, 0.05) is 30.8 Å². The number of esters is 1. The topological polar surface area (TPSA) is 160 Å². The molecule has 4 saturated carbocycles. The van der Waals surface area contributed by atoms with Gasteiger partial charge in [-0.05, 0) is 69.6 Å². The highest BCUT2D eigenvalue weighted by Gasteiger charge is 2.80. The van der Waals surface area contributed by atoms with Crippen LogP contribution in [0.3, 0.4) is 0 Å². The molecule has 4 aliphatic carbocycles. The fourth-order valence-corrected chi connectivity index (χ4v) is 10.4. The molecule has 10 nitrogen and oxygen atoms in total. The Labute approximate surface area is 229 Å². The lowest BCUT2D eigenvalue weighted by Crippen LogP contribution is -2.70. The third kappa shape index (κ3) is 3.59. The maximum Gasteiger partial charge on any atom is 0.397 e. The fraction of sp³-hybridized carbons (Fsp3) is 0.857. The first kappa shape index (κ1) is 27.8. The van der Waals surface area contributed by atoms with Crippen LogP contribution in [-0.2, 0) is 33.6 Å². The van der Waals surface area contributed by atoms with Gasteiger partial charge in [0.15, 0.2) is 0 Å². The number of hydrogen-bond donors (Lipinski definition) is 3. The minimum absolute atomic E-state index is 0.0392. The molecular formula is C28H40O10S. The van der Waals surface area contributed by atoms with E-state index in [1.807, 2.05) is 13.8 Å². The van der Waals surface area contributed by atoms with Gasteiger partial charge in [0.05, 0.1) is 23.2 Å². The zero-order valence-corrected chi connectivity index (χ0v) is 24.0. The summed E-state index contributed by atoms with van der Waals surface area (Å²) in [5.41, 5.74) is -2.75. The van der Waals surface area contributed by atoms with E-state index in [9.17, 15) is 32.8 Å². The van der Waals surface area contributed by atoms with Crippen molar-refractivity contribution in [1.82, 2.24) is 0 Å².